The number of nitrogens with one attached hydrogen (secondary N) is 2. The van der Waals surface area contributed by atoms with Gasteiger partial charge in [-0.3, -0.25) is 9.59 Å². The molecular weight excluding hydrogens is 246 g/mol. The lowest BCUT2D eigenvalue weighted by atomic mass is 10.1. The van der Waals surface area contributed by atoms with Crippen molar-refractivity contribution in [2.45, 2.75) is 57.3 Å². The Morgan fingerprint density at radius 3 is 2.63 bits per heavy atom. The fraction of sp³-hybridized carbons (Fsp3) is 0.846. The summed E-state index contributed by atoms with van der Waals surface area (Å²) in [4.78, 5) is 25.7. The lowest BCUT2D eigenvalue weighted by molar-refractivity contribution is -0.131. The number of nitrogens with zero attached hydrogens (tertiary/aromatic N) is 1. The highest BCUT2D eigenvalue weighted by Crippen LogP contribution is 2.22. The van der Waals surface area contributed by atoms with Crippen LogP contribution < -0.4 is 10.6 Å². The monoisotopic (exact) mass is 269 g/mol. The van der Waals surface area contributed by atoms with E-state index in [2.05, 4.69) is 10.6 Å². The van der Waals surface area contributed by atoms with Crippen LogP contribution in [-0.4, -0.2) is 58.6 Å². The summed E-state index contributed by atoms with van der Waals surface area (Å²) in [5.41, 5.74) is -0.210. The molecule has 0 aliphatic carbocycles. The van der Waals surface area contributed by atoms with Gasteiger partial charge in [-0.15, -0.1) is 0 Å². The molecule has 19 heavy (non-hydrogen) atoms. The summed E-state index contributed by atoms with van der Waals surface area (Å²) < 4.78 is 0. The van der Waals surface area contributed by atoms with Crippen molar-refractivity contribution in [3.63, 3.8) is 0 Å². The number of aliphatic hydroxyl groups excluding tert-OH is 1. The second-order valence-electron chi connectivity index (χ2n) is 6.44. The predicted molar refractivity (Wildman–Crippen MR) is 70.4 cm³/mol. The molecule has 2 aliphatic rings. The Labute approximate surface area is 113 Å². The van der Waals surface area contributed by atoms with E-state index in [9.17, 15) is 14.7 Å². The average Bonchev–Trinajstić information content (AvgIpc) is 2.84. The van der Waals surface area contributed by atoms with Crippen LogP contribution in [0.1, 0.15) is 33.6 Å². The molecule has 2 amide bonds. The Morgan fingerprint density at radius 1 is 1.47 bits per heavy atom. The van der Waals surface area contributed by atoms with Gasteiger partial charge in [0.2, 0.25) is 11.8 Å². The SMILES string of the molecule is CC(C)(C)N1CC(NC(=O)C2CC(O)CN2)CC1=O. The first-order valence-electron chi connectivity index (χ1n) is 6.79. The third kappa shape index (κ3) is 3.25. The Balaban J connectivity index is 1.88. The minimum Gasteiger partial charge on any atom is -0.392 e. The zero-order chi connectivity index (χ0) is 14.2. The van der Waals surface area contributed by atoms with Crippen LogP contribution in [-0.2, 0) is 9.59 Å². The summed E-state index contributed by atoms with van der Waals surface area (Å²) >= 11 is 0. The largest absolute Gasteiger partial charge is 0.392 e. The van der Waals surface area contributed by atoms with E-state index in [1.54, 1.807) is 4.90 Å². The molecule has 0 radical (unpaired) electrons. The molecular formula is C13H23N3O3. The van der Waals surface area contributed by atoms with E-state index in [1.165, 1.54) is 0 Å². The smallest absolute Gasteiger partial charge is 0.237 e. The number of rotatable bonds is 2. The van der Waals surface area contributed by atoms with E-state index in [-0.39, 0.29) is 29.4 Å². The summed E-state index contributed by atoms with van der Waals surface area (Å²) in [7, 11) is 0. The highest BCUT2D eigenvalue weighted by molar-refractivity contribution is 5.85. The van der Waals surface area contributed by atoms with Crippen LogP contribution in [0.25, 0.3) is 0 Å². The molecule has 0 saturated carbocycles. The van der Waals surface area contributed by atoms with Crippen LogP contribution in [0.2, 0.25) is 0 Å². The summed E-state index contributed by atoms with van der Waals surface area (Å²) in [6.45, 7) is 6.98. The molecule has 0 aromatic heterocycles. The standard InChI is InChI=1S/C13H23N3O3/c1-13(2,3)16-7-8(4-11(16)18)15-12(19)10-5-9(17)6-14-10/h8-10,14,17H,4-7H2,1-3H3,(H,15,19). The molecule has 2 aliphatic heterocycles. The molecule has 3 unspecified atom stereocenters. The number of likely N-dealkylation sites (tertiary alicyclic amines) is 1. The van der Waals surface area contributed by atoms with E-state index in [4.69, 9.17) is 0 Å². The van der Waals surface area contributed by atoms with Crippen LogP contribution in [0.3, 0.4) is 0 Å². The summed E-state index contributed by atoms with van der Waals surface area (Å²) in [6.07, 6.45) is 0.348. The van der Waals surface area contributed by atoms with Crippen molar-refractivity contribution in [1.29, 1.82) is 0 Å². The van der Waals surface area contributed by atoms with Crippen molar-refractivity contribution >= 4 is 11.8 Å². The lowest BCUT2D eigenvalue weighted by Crippen LogP contribution is -2.48. The van der Waals surface area contributed by atoms with Crippen molar-refractivity contribution in [3.8, 4) is 0 Å². The van der Waals surface area contributed by atoms with E-state index in [1.807, 2.05) is 20.8 Å². The molecule has 0 bridgehead atoms. The molecule has 2 saturated heterocycles. The molecule has 0 aromatic rings. The van der Waals surface area contributed by atoms with E-state index in [0.717, 1.165) is 0 Å². The number of carbonyl (C=O) groups is 2. The highest BCUT2D eigenvalue weighted by Gasteiger charge is 2.38. The maximum Gasteiger partial charge on any atom is 0.237 e. The Hall–Kier alpha value is -1.14. The average molecular weight is 269 g/mol. The molecule has 2 rings (SSSR count). The zero-order valence-corrected chi connectivity index (χ0v) is 11.8. The van der Waals surface area contributed by atoms with E-state index < -0.39 is 6.10 Å². The first-order valence-corrected chi connectivity index (χ1v) is 6.79. The van der Waals surface area contributed by atoms with Crippen LogP contribution in [0.5, 0.6) is 0 Å². The fourth-order valence-electron chi connectivity index (χ4n) is 2.67. The van der Waals surface area contributed by atoms with Gasteiger partial charge < -0.3 is 20.6 Å². The van der Waals surface area contributed by atoms with Gasteiger partial charge in [-0.2, -0.15) is 0 Å². The van der Waals surface area contributed by atoms with Crippen molar-refractivity contribution in [3.05, 3.63) is 0 Å². The summed E-state index contributed by atoms with van der Waals surface area (Å²) in [5.74, 6) is -0.0395. The first-order chi connectivity index (χ1) is 8.77. The van der Waals surface area contributed by atoms with Gasteiger partial charge in [0.1, 0.15) is 0 Å². The zero-order valence-electron chi connectivity index (χ0n) is 11.8. The number of aliphatic hydroxyl groups is 1. The number of β-amino-alcohol motifs (C(OH)–C–C–N with tert-alkyl or cyclic N) is 1. The Kier molecular flexibility index (Phi) is 3.82. The maximum atomic E-state index is 12.0. The second-order valence-corrected chi connectivity index (χ2v) is 6.44. The molecule has 0 spiro atoms. The number of hydrogen-bond donors (Lipinski definition) is 3. The molecule has 6 heteroatoms. The number of hydrogen-bond acceptors (Lipinski definition) is 4. The van der Waals surface area contributed by atoms with Crippen LogP contribution >= 0.6 is 0 Å². The normalized spacial score (nSPS) is 31.9. The van der Waals surface area contributed by atoms with Gasteiger partial charge in [0, 0.05) is 25.0 Å². The predicted octanol–water partition coefficient (Wildman–Crippen LogP) is -0.775. The van der Waals surface area contributed by atoms with Crippen LogP contribution in [0, 0.1) is 0 Å². The quantitative estimate of drug-likeness (QED) is 0.614. The third-order valence-corrected chi connectivity index (χ3v) is 3.71. The van der Waals surface area contributed by atoms with Gasteiger partial charge in [0.05, 0.1) is 18.2 Å². The fourth-order valence-corrected chi connectivity index (χ4v) is 2.67. The van der Waals surface area contributed by atoms with Gasteiger partial charge in [-0.1, -0.05) is 0 Å². The van der Waals surface area contributed by atoms with Crippen molar-refractivity contribution in [1.82, 2.24) is 15.5 Å². The molecule has 3 atom stereocenters. The minimum absolute atomic E-state index is 0.0808. The van der Waals surface area contributed by atoms with Gasteiger partial charge in [-0.25, -0.2) is 0 Å². The number of amides is 2. The lowest BCUT2D eigenvalue weighted by Gasteiger charge is -2.32. The van der Waals surface area contributed by atoms with Crippen molar-refractivity contribution in [2.75, 3.05) is 13.1 Å². The van der Waals surface area contributed by atoms with E-state index >= 15 is 0 Å². The van der Waals surface area contributed by atoms with Crippen molar-refractivity contribution in [2.24, 2.45) is 0 Å². The van der Waals surface area contributed by atoms with E-state index in [0.29, 0.717) is 25.9 Å². The first kappa shape index (κ1) is 14.3. The highest BCUT2D eigenvalue weighted by atomic mass is 16.3. The molecule has 2 fully saturated rings. The van der Waals surface area contributed by atoms with Gasteiger partial charge in [0.25, 0.3) is 0 Å². The minimum atomic E-state index is -0.452. The molecule has 0 aromatic carbocycles. The van der Waals surface area contributed by atoms with Crippen LogP contribution in [0.15, 0.2) is 0 Å². The Morgan fingerprint density at radius 2 is 2.16 bits per heavy atom. The van der Waals surface area contributed by atoms with Gasteiger partial charge >= 0.3 is 0 Å². The Bertz CT molecular complexity index is 378. The molecule has 6 nitrogen and oxygen atoms in total. The van der Waals surface area contributed by atoms with Gasteiger partial charge in [-0.05, 0) is 27.2 Å². The molecule has 2 heterocycles. The van der Waals surface area contributed by atoms with Gasteiger partial charge in [0.15, 0.2) is 0 Å². The molecule has 3 N–H and O–H groups in total. The maximum absolute atomic E-state index is 12.0. The topological polar surface area (TPSA) is 81.7 Å². The summed E-state index contributed by atoms with van der Waals surface area (Å²) in [6, 6.07) is -0.465. The third-order valence-electron chi connectivity index (χ3n) is 3.71. The van der Waals surface area contributed by atoms with Crippen molar-refractivity contribution < 1.29 is 14.7 Å². The number of carbonyl (C=O) groups excluding carboxylic acids is 2. The summed E-state index contributed by atoms with van der Waals surface area (Å²) in [5, 5.41) is 15.3. The van der Waals surface area contributed by atoms with Crippen LogP contribution in [0.4, 0.5) is 0 Å². The molecule has 108 valence electrons. The second kappa shape index (κ2) is 5.09.